The van der Waals surface area contributed by atoms with Gasteiger partial charge in [0.15, 0.2) is 0 Å². The first-order chi connectivity index (χ1) is 12.5. The third kappa shape index (κ3) is 1.71. The highest BCUT2D eigenvalue weighted by molar-refractivity contribution is 9.10. The third-order valence-electron chi connectivity index (χ3n) is 6.68. The Bertz CT molecular complexity index is 985. The molecule has 0 radical (unpaired) electrons. The quantitative estimate of drug-likeness (QED) is 0.442. The van der Waals surface area contributed by atoms with Crippen molar-refractivity contribution in [1.29, 1.82) is 0 Å². The van der Waals surface area contributed by atoms with E-state index in [9.17, 15) is 4.79 Å². The van der Waals surface area contributed by atoms with Crippen LogP contribution in [0.1, 0.15) is 23.7 Å². The van der Waals surface area contributed by atoms with Crippen LogP contribution in [0.3, 0.4) is 0 Å². The fraction of sp³-hybridized carbons (Fsp3) is 0.450. The number of rotatable bonds is 1. The van der Waals surface area contributed by atoms with Crippen molar-refractivity contribution >= 4 is 32.8 Å². The Hall–Kier alpha value is -1.63. The van der Waals surface area contributed by atoms with Crippen LogP contribution in [0.4, 0.5) is 0 Å². The van der Waals surface area contributed by atoms with Gasteiger partial charge in [-0.15, -0.1) is 0 Å². The van der Waals surface area contributed by atoms with Gasteiger partial charge in [-0.25, -0.2) is 0 Å². The van der Waals surface area contributed by atoms with Gasteiger partial charge >= 0.3 is 5.97 Å². The summed E-state index contributed by atoms with van der Waals surface area (Å²) in [5.41, 5.74) is 3.15. The minimum atomic E-state index is -0.383. The molecule has 2 saturated heterocycles. The number of para-hydroxylation sites is 1. The highest BCUT2D eigenvalue weighted by atomic mass is 79.9. The van der Waals surface area contributed by atoms with Crippen LogP contribution in [0.25, 0.3) is 10.9 Å². The van der Waals surface area contributed by atoms with Crippen molar-refractivity contribution in [2.45, 2.75) is 35.0 Å². The molecule has 5 nitrogen and oxygen atoms in total. The minimum Gasteiger partial charge on any atom is -0.468 e. The molecule has 1 N–H and O–H groups in total. The number of nitrogens with zero attached hydrogens (tertiary/aromatic N) is 1. The smallest absolute Gasteiger partial charge is 0.323 e. The zero-order valence-electron chi connectivity index (χ0n) is 14.4. The topological polar surface area (TPSA) is 54.6 Å². The summed E-state index contributed by atoms with van der Waals surface area (Å²) >= 11 is 3.76. The molecule has 4 aliphatic heterocycles. The predicted octanol–water partition coefficient (Wildman–Crippen LogP) is 3.06. The molecule has 0 amide bonds. The number of hydrogen-bond donors (Lipinski definition) is 1. The number of carbonyl (C=O) groups is 1. The first-order valence-corrected chi connectivity index (χ1v) is 9.86. The van der Waals surface area contributed by atoms with Crippen molar-refractivity contribution in [1.82, 2.24) is 9.88 Å². The molecule has 4 aliphatic rings. The number of carbonyl (C=O) groups excluding carboxylic acids is 1. The molecule has 134 valence electrons. The zero-order chi connectivity index (χ0) is 17.7. The van der Waals surface area contributed by atoms with Gasteiger partial charge in [-0.2, -0.15) is 0 Å². The molecule has 5 heterocycles. The number of aromatic amines is 1. The highest BCUT2D eigenvalue weighted by Gasteiger charge is 2.68. The summed E-state index contributed by atoms with van der Waals surface area (Å²) < 4.78 is 11.4. The Kier molecular flexibility index (Phi) is 2.85. The van der Waals surface area contributed by atoms with E-state index in [1.807, 2.05) is 6.07 Å². The Morgan fingerprint density at radius 1 is 1.38 bits per heavy atom. The summed E-state index contributed by atoms with van der Waals surface area (Å²) in [6.07, 6.45) is 5.96. The van der Waals surface area contributed by atoms with Gasteiger partial charge in [0.2, 0.25) is 0 Å². The lowest BCUT2D eigenvalue weighted by Gasteiger charge is -2.40. The lowest BCUT2D eigenvalue weighted by atomic mass is 9.78. The average molecular weight is 415 g/mol. The van der Waals surface area contributed by atoms with Gasteiger partial charge in [-0.1, -0.05) is 24.3 Å². The van der Waals surface area contributed by atoms with Crippen LogP contribution >= 0.6 is 15.9 Å². The largest absolute Gasteiger partial charge is 0.468 e. The van der Waals surface area contributed by atoms with Crippen LogP contribution in [0.2, 0.25) is 0 Å². The second-order valence-electron chi connectivity index (χ2n) is 7.88. The number of alkyl halides is 1. The molecule has 26 heavy (non-hydrogen) atoms. The third-order valence-corrected chi connectivity index (χ3v) is 7.43. The normalized spacial score (nSPS) is 39.8. The van der Waals surface area contributed by atoms with Gasteiger partial charge in [-0.3, -0.25) is 9.69 Å². The number of hydrogen-bond acceptors (Lipinski definition) is 4. The van der Waals surface area contributed by atoms with Crippen molar-refractivity contribution < 1.29 is 14.3 Å². The number of nitrogens with one attached hydrogen (secondary N) is 1. The van der Waals surface area contributed by atoms with E-state index < -0.39 is 0 Å². The second kappa shape index (κ2) is 4.80. The molecule has 6 rings (SSSR count). The van der Waals surface area contributed by atoms with Crippen LogP contribution in [0.5, 0.6) is 0 Å². The number of H-pyrrole nitrogens is 1. The maximum absolute atomic E-state index is 12.6. The molecule has 2 aromatic rings. The summed E-state index contributed by atoms with van der Waals surface area (Å²) in [4.78, 5) is 18.6. The highest BCUT2D eigenvalue weighted by Crippen LogP contribution is 2.64. The van der Waals surface area contributed by atoms with Gasteiger partial charge < -0.3 is 14.5 Å². The number of methoxy groups -OCH3 is 1. The van der Waals surface area contributed by atoms with Crippen LogP contribution in [-0.2, 0) is 20.7 Å². The van der Waals surface area contributed by atoms with Crippen LogP contribution < -0.4 is 0 Å². The molecule has 1 aromatic heterocycles. The minimum absolute atomic E-state index is 0.00549. The van der Waals surface area contributed by atoms with Crippen molar-refractivity contribution in [3.05, 3.63) is 47.7 Å². The molecule has 1 aromatic carbocycles. The van der Waals surface area contributed by atoms with E-state index >= 15 is 0 Å². The van der Waals surface area contributed by atoms with Crippen molar-refractivity contribution in [2.75, 3.05) is 13.7 Å². The van der Waals surface area contributed by atoms with E-state index in [0.717, 1.165) is 18.5 Å². The first-order valence-electron chi connectivity index (χ1n) is 9.07. The Labute approximate surface area is 159 Å². The molecule has 1 spiro atoms. The summed E-state index contributed by atoms with van der Waals surface area (Å²) in [5.74, 6) is 0.204. The summed E-state index contributed by atoms with van der Waals surface area (Å²) in [5, 5.41) is 1.20. The Morgan fingerprint density at radius 2 is 2.23 bits per heavy atom. The number of fused-ring (bicyclic) bond motifs is 6. The Morgan fingerprint density at radius 3 is 3.04 bits per heavy atom. The van der Waals surface area contributed by atoms with Gasteiger partial charge in [0.1, 0.15) is 16.2 Å². The van der Waals surface area contributed by atoms with Crippen molar-refractivity contribution in [3.63, 3.8) is 0 Å². The second-order valence-corrected chi connectivity index (χ2v) is 9.22. The molecular weight excluding hydrogens is 396 g/mol. The number of esters is 1. The molecule has 2 fully saturated rings. The van der Waals surface area contributed by atoms with Gasteiger partial charge in [0.05, 0.1) is 13.2 Å². The average Bonchev–Trinajstić information content (AvgIpc) is 3.33. The van der Waals surface area contributed by atoms with E-state index in [0.29, 0.717) is 12.3 Å². The van der Waals surface area contributed by atoms with Crippen molar-refractivity contribution in [3.8, 4) is 0 Å². The SMILES string of the molecule is COC(=O)[C@@H]1Cc2c([nH]c3ccccc23)[C@@H]2N1C[C@@H]1C[C@@]3(Br)C=C[C@]12O3. The van der Waals surface area contributed by atoms with E-state index in [1.54, 1.807) is 0 Å². The van der Waals surface area contributed by atoms with Crippen LogP contribution in [-0.4, -0.2) is 45.7 Å². The predicted molar refractivity (Wildman–Crippen MR) is 100.0 cm³/mol. The van der Waals surface area contributed by atoms with E-state index in [1.165, 1.54) is 23.8 Å². The molecule has 0 unspecified atom stereocenters. The first kappa shape index (κ1) is 15.4. The number of benzene rings is 1. The van der Waals surface area contributed by atoms with Gasteiger partial charge in [-0.05, 0) is 40.1 Å². The number of ether oxygens (including phenoxy) is 2. The molecule has 6 heteroatoms. The monoisotopic (exact) mass is 414 g/mol. The zero-order valence-corrected chi connectivity index (χ0v) is 16.0. The standard InChI is InChI=1S/C20H19BrN2O3/c1-25-18(24)15-8-13-12-4-2-3-5-14(12)22-16(13)17-20-7-6-19(21,26-20)9-11(20)10-23(15)17/h2-7,11,15,17,22H,8-10H2,1H3/t11-,15-,17-,19+,20-/m0/s1. The molecular formula is C20H19BrN2O3. The molecule has 2 bridgehead atoms. The fourth-order valence-corrected chi connectivity index (χ4v) is 6.48. The lowest BCUT2D eigenvalue weighted by molar-refractivity contribution is -0.149. The summed E-state index contributed by atoms with van der Waals surface area (Å²) in [6.45, 7) is 0.844. The number of aromatic nitrogens is 1. The maximum Gasteiger partial charge on any atom is 0.323 e. The molecule has 0 saturated carbocycles. The van der Waals surface area contributed by atoms with Crippen molar-refractivity contribution in [2.24, 2.45) is 5.92 Å². The Balaban J connectivity index is 1.59. The lowest BCUT2D eigenvalue weighted by Crippen LogP contribution is -2.50. The molecule has 0 aliphatic carbocycles. The summed E-state index contributed by atoms with van der Waals surface area (Å²) in [7, 11) is 1.48. The molecule has 5 atom stereocenters. The number of halogens is 1. The van der Waals surface area contributed by atoms with E-state index in [4.69, 9.17) is 9.47 Å². The maximum atomic E-state index is 12.6. The van der Waals surface area contributed by atoms with E-state index in [2.05, 4.69) is 56.2 Å². The van der Waals surface area contributed by atoms with Gasteiger partial charge in [0.25, 0.3) is 0 Å². The van der Waals surface area contributed by atoms with Crippen LogP contribution in [0, 0.1) is 5.92 Å². The van der Waals surface area contributed by atoms with Crippen LogP contribution in [0.15, 0.2) is 36.4 Å². The van der Waals surface area contributed by atoms with E-state index in [-0.39, 0.29) is 28.2 Å². The van der Waals surface area contributed by atoms with Gasteiger partial charge in [0, 0.05) is 35.5 Å². The fourth-order valence-electron chi connectivity index (χ4n) is 5.68. The summed E-state index contributed by atoms with van der Waals surface area (Å²) in [6, 6.07) is 8.07.